The summed E-state index contributed by atoms with van der Waals surface area (Å²) in [4.78, 5) is 12.5. The summed E-state index contributed by atoms with van der Waals surface area (Å²) in [6, 6.07) is 14.5. The normalized spacial score (nSPS) is 15.5. The zero-order valence-electron chi connectivity index (χ0n) is 17.2. The molecule has 0 aromatic heterocycles. The molecule has 1 fully saturated rings. The van der Waals surface area contributed by atoms with Crippen molar-refractivity contribution in [3.05, 3.63) is 70.2 Å². The SMILES string of the molecule is CC(C)NS(=O)(=O)Cc1ccc(CNC(=O)NC2(c3ccc(Cl)cc3)CCC2)cc1. The van der Waals surface area contributed by atoms with E-state index in [0.717, 1.165) is 30.4 Å². The topological polar surface area (TPSA) is 87.3 Å². The molecule has 0 heterocycles. The van der Waals surface area contributed by atoms with Gasteiger partial charge in [-0.3, -0.25) is 0 Å². The number of carbonyl (C=O) groups is 1. The Balaban J connectivity index is 1.54. The predicted molar refractivity (Wildman–Crippen MR) is 120 cm³/mol. The average molecular weight is 450 g/mol. The highest BCUT2D eigenvalue weighted by Gasteiger charge is 2.39. The number of benzene rings is 2. The average Bonchev–Trinajstić information content (AvgIpc) is 2.63. The van der Waals surface area contributed by atoms with Crippen molar-refractivity contribution in [2.45, 2.75) is 57.0 Å². The Morgan fingerprint density at radius 2 is 1.63 bits per heavy atom. The van der Waals surface area contributed by atoms with Crippen LogP contribution in [0.1, 0.15) is 49.8 Å². The molecular formula is C22H28ClN3O3S. The molecule has 0 atom stereocenters. The predicted octanol–water partition coefficient (Wildman–Crippen LogP) is 4.05. The van der Waals surface area contributed by atoms with Crippen LogP contribution >= 0.6 is 11.6 Å². The number of urea groups is 1. The van der Waals surface area contributed by atoms with Crippen molar-refractivity contribution in [2.75, 3.05) is 0 Å². The summed E-state index contributed by atoms with van der Waals surface area (Å²) in [6.07, 6.45) is 2.87. The van der Waals surface area contributed by atoms with Crippen molar-refractivity contribution >= 4 is 27.7 Å². The second kappa shape index (κ2) is 9.37. The highest BCUT2D eigenvalue weighted by atomic mass is 35.5. The first-order chi connectivity index (χ1) is 14.2. The fourth-order valence-electron chi connectivity index (χ4n) is 3.60. The van der Waals surface area contributed by atoms with E-state index in [4.69, 9.17) is 11.6 Å². The second-order valence-electron chi connectivity index (χ2n) is 8.10. The Kier molecular flexibility index (Phi) is 7.06. The molecule has 2 amide bonds. The third-order valence-electron chi connectivity index (χ3n) is 5.20. The summed E-state index contributed by atoms with van der Waals surface area (Å²) in [7, 11) is -3.36. The molecule has 0 radical (unpaired) electrons. The molecule has 2 aromatic carbocycles. The molecule has 1 aliphatic carbocycles. The molecule has 6 nitrogen and oxygen atoms in total. The fourth-order valence-corrected chi connectivity index (χ4v) is 5.16. The minimum Gasteiger partial charge on any atom is -0.334 e. The number of nitrogens with one attached hydrogen (secondary N) is 3. The van der Waals surface area contributed by atoms with E-state index >= 15 is 0 Å². The van der Waals surface area contributed by atoms with E-state index in [1.54, 1.807) is 26.0 Å². The van der Waals surface area contributed by atoms with Gasteiger partial charge in [-0.05, 0) is 61.9 Å². The first-order valence-electron chi connectivity index (χ1n) is 10.1. The summed E-state index contributed by atoms with van der Waals surface area (Å²) in [5.41, 5.74) is 2.33. The highest BCUT2D eigenvalue weighted by Crippen LogP contribution is 2.41. The molecule has 1 saturated carbocycles. The molecule has 0 bridgehead atoms. The van der Waals surface area contributed by atoms with Crippen molar-refractivity contribution in [3.8, 4) is 0 Å². The van der Waals surface area contributed by atoms with E-state index in [2.05, 4.69) is 15.4 Å². The van der Waals surface area contributed by atoms with Crippen molar-refractivity contribution in [3.63, 3.8) is 0 Å². The third kappa shape index (κ3) is 5.97. The fraction of sp³-hybridized carbons (Fsp3) is 0.409. The zero-order chi connectivity index (χ0) is 21.8. The number of hydrogen-bond donors (Lipinski definition) is 3. The molecule has 0 unspecified atom stereocenters. The lowest BCUT2D eigenvalue weighted by atomic mass is 9.72. The first kappa shape index (κ1) is 22.6. The third-order valence-corrected chi connectivity index (χ3v) is 7.00. The van der Waals surface area contributed by atoms with Gasteiger partial charge in [0.2, 0.25) is 10.0 Å². The number of amides is 2. The van der Waals surface area contributed by atoms with Crippen molar-refractivity contribution in [2.24, 2.45) is 0 Å². The summed E-state index contributed by atoms with van der Waals surface area (Å²) in [5, 5.41) is 6.68. The van der Waals surface area contributed by atoms with Crippen LogP contribution in [-0.2, 0) is 27.9 Å². The zero-order valence-corrected chi connectivity index (χ0v) is 18.8. The van der Waals surface area contributed by atoms with E-state index in [9.17, 15) is 13.2 Å². The van der Waals surface area contributed by atoms with Gasteiger partial charge in [0.05, 0.1) is 11.3 Å². The lowest BCUT2D eigenvalue weighted by Gasteiger charge is -2.43. The van der Waals surface area contributed by atoms with Gasteiger partial charge in [0.15, 0.2) is 0 Å². The summed E-state index contributed by atoms with van der Waals surface area (Å²) < 4.78 is 26.6. The van der Waals surface area contributed by atoms with Gasteiger partial charge in [-0.2, -0.15) is 0 Å². The monoisotopic (exact) mass is 449 g/mol. The number of carbonyl (C=O) groups excluding carboxylic acids is 1. The van der Waals surface area contributed by atoms with Gasteiger partial charge in [-0.15, -0.1) is 0 Å². The summed E-state index contributed by atoms with van der Waals surface area (Å²) >= 11 is 5.98. The maximum atomic E-state index is 12.5. The first-order valence-corrected chi connectivity index (χ1v) is 12.1. The number of hydrogen-bond acceptors (Lipinski definition) is 3. The summed E-state index contributed by atoms with van der Waals surface area (Å²) in [5.74, 6) is -0.0665. The summed E-state index contributed by atoms with van der Waals surface area (Å²) in [6.45, 7) is 3.94. The van der Waals surface area contributed by atoms with Crippen LogP contribution in [0.2, 0.25) is 5.02 Å². The van der Waals surface area contributed by atoms with Gasteiger partial charge < -0.3 is 10.6 Å². The van der Waals surface area contributed by atoms with Gasteiger partial charge in [-0.25, -0.2) is 17.9 Å². The van der Waals surface area contributed by atoms with Gasteiger partial charge in [0, 0.05) is 17.6 Å². The molecule has 162 valence electrons. The van der Waals surface area contributed by atoms with Crippen LogP contribution in [0.5, 0.6) is 0 Å². The van der Waals surface area contributed by atoms with Gasteiger partial charge in [0.1, 0.15) is 0 Å². The Hall–Kier alpha value is -2.09. The Morgan fingerprint density at radius 3 is 2.17 bits per heavy atom. The van der Waals surface area contributed by atoms with Crippen LogP contribution < -0.4 is 15.4 Å². The molecule has 0 spiro atoms. The van der Waals surface area contributed by atoms with Gasteiger partial charge in [0.25, 0.3) is 0 Å². The maximum absolute atomic E-state index is 12.5. The van der Waals surface area contributed by atoms with Crippen molar-refractivity contribution in [1.82, 2.24) is 15.4 Å². The highest BCUT2D eigenvalue weighted by molar-refractivity contribution is 7.88. The Labute approximate surface area is 183 Å². The minimum absolute atomic E-state index is 0.0665. The van der Waals surface area contributed by atoms with Crippen LogP contribution in [0, 0.1) is 0 Å². The van der Waals surface area contributed by atoms with Crippen LogP contribution in [0.15, 0.2) is 48.5 Å². The standard InChI is InChI=1S/C22H28ClN3O3S/c1-16(2)26-30(28,29)15-18-6-4-17(5-7-18)14-24-21(27)25-22(12-3-13-22)19-8-10-20(23)11-9-19/h4-11,16,26H,3,12-15H2,1-2H3,(H2,24,25,27). The molecular weight excluding hydrogens is 422 g/mol. The molecule has 0 saturated heterocycles. The van der Waals surface area contributed by atoms with Crippen LogP contribution in [0.4, 0.5) is 4.79 Å². The minimum atomic E-state index is -3.36. The smallest absolute Gasteiger partial charge is 0.315 e. The lowest BCUT2D eigenvalue weighted by molar-refractivity contribution is 0.177. The van der Waals surface area contributed by atoms with E-state index < -0.39 is 10.0 Å². The van der Waals surface area contributed by atoms with Crippen molar-refractivity contribution < 1.29 is 13.2 Å². The largest absolute Gasteiger partial charge is 0.334 e. The molecule has 3 rings (SSSR count). The van der Waals surface area contributed by atoms with Crippen LogP contribution in [0.25, 0.3) is 0 Å². The van der Waals surface area contributed by atoms with E-state index in [-0.39, 0.29) is 23.4 Å². The maximum Gasteiger partial charge on any atom is 0.315 e. The Morgan fingerprint density at radius 1 is 1.03 bits per heavy atom. The van der Waals surface area contributed by atoms with Gasteiger partial charge in [-0.1, -0.05) is 48.0 Å². The molecule has 8 heteroatoms. The van der Waals surface area contributed by atoms with E-state index in [1.807, 2.05) is 36.4 Å². The molecule has 0 aliphatic heterocycles. The van der Waals surface area contributed by atoms with Gasteiger partial charge >= 0.3 is 6.03 Å². The van der Waals surface area contributed by atoms with E-state index in [0.29, 0.717) is 17.1 Å². The number of sulfonamides is 1. The van der Waals surface area contributed by atoms with Crippen molar-refractivity contribution in [1.29, 1.82) is 0 Å². The van der Waals surface area contributed by atoms with Crippen LogP contribution in [-0.4, -0.2) is 20.5 Å². The molecule has 2 aromatic rings. The Bertz CT molecular complexity index is 970. The number of rotatable bonds is 8. The molecule has 30 heavy (non-hydrogen) atoms. The van der Waals surface area contributed by atoms with Crippen LogP contribution in [0.3, 0.4) is 0 Å². The molecule has 3 N–H and O–H groups in total. The second-order valence-corrected chi connectivity index (χ2v) is 10.3. The quantitative estimate of drug-likeness (QED) is 0.568. The molecule has 1 aliphatic rings. The lowest BCUT2D eigenvalue weighted by Crippen LogP contribution is -2.53. The number of halogens is 1. The van der Waals surface area contributed by atoms with E-state index in [1.165, 1.54) is 0 Å².